The highest BCUT2D eigenvalue weighted by Crippen LogP contribution is 2.35. The van der Waals surface area contributed by atoms with Gasteiger partial charge in [0, 0.05) is 31.5 Å². The van der Waals surface area contributed by atoms with Crippen LogP contribution in [0.15, 0.2) is 24.3 Å². The molecular weight excluding hydrogens is 413 g/mol. The standard InChI is InChI=1S/C20H28N2O2.C2HF3O2/c1-14-2-4-15(5-3-14)11-22-9-8-18-17(12-22)13-24-19(18)10-21-20(23)16-6-7-16;3-2(4,5)1(6)7/h2-5,16-19H,6-13H2,1H3,(H,21,23);(H,6,7)/t17-,18-,19-;/m1./s1. The number of likely N-dealkylation sites (tertiary alicyclic amines) is 1. The predicted octanol–water partition coefficient (Wildman–Crippen LogP) is 2.99. The molecule has 0 aromatic heterocycles. The van der Waals surface area contributed by atoms with Gasteiger partial charge in [0.05, 0.1) is 12.7 Å². The van der Waals surface area contributed by atoms with Crippen molar-refractivity contribution in [3.05, 3.63) is 35.4 Å². The van der Waals surface area contributed by atoms with E-state index in [1.165, 1.54) is 17.5 Å². The highest BCUT2D eigenvalue weighted by Gasteiger charge is 2.41. The number of aryl methyl sites for hydroxylation is 1. The Hall–Kier alpha value is -2.13. The summed E-state index contributed by atoms with van der Waals surface area (Å²) < 4.78 is 37.8. The summed E-state index contributed by atoms with van der Waals surface area (Å²) in [6.45, 7) is 6.96. The summed E-state index contributed by atoms with van der Waals surface area (Å²) in [5.41, 5.74) is 2.71. The van der Waals surface area contributed by atoms with Crippen LogP contribution in [0.5, 0.6) is 0 Å². The van der Waals surface area contributed by atoms with Crippen LogP contribution in [0.3, 0.4) is 0 Å². The number of carbonyl (C=O) groups is 2. The van der Waals surface area contributed by atoms with Crippen LogP contribution >= 0.6 is 0 Å². The third kappa shape index (κ3) is 6.93. The van der Waals surface area contributed by atoms with Gasteiger partial charge in [0.2, 0.25) is 5.91 Å². The second kappa shape index (κ2) is 9.99. The van der Waals surface area contributed by atoms with Crippen LogP contribution in [-0.4, -0.2) is 60.4 Å². The SMILES string of the molecule is Cc1ccc(CN2CC[C@@H]3[C@@H](CO[C@@H]3CNC(=O)C3CC3)C2)cc1.O=C(O)C(F)(F)F. The molecule has 1 aromatic carbocycles. The Kier molecular flexibility index (Phi) is 7.59. The Labute approximate surface area is 179 Å². The van der Waals surface area contributed by atoms with E-state index in [-0.39, 0.29) is 12.0 Å². The molecule has 1 saturated carbocycles. The Balaban J connectivity index is 0.000000339. The fourth-order valence-corrected chi connectivity index (χ4v) is 4.16. The summed E-state index contributed by atoms with van der Waals surface area (Å²) >= 11 is 0. The number of carbonyl (C=O) groups excluding carboxylic acids is 1. The van der Waals surface area contributed by atoms with E-state index in [1.807, 2.05) is 0 Å². The predicted molar refractivity (Wildman–Crippen MR) is 107 cm³/mol. The van der Waals surface area contributed by atoms with Gasteiger partial charge in [-0.2, -0.15) is 13.2 Å². The first kappa shape index (κ1) is 23.5. The molecule has 6 nitrogen and oxygen atoms in total. The molecule has 31 heavy (non-hydrogen) atoms. The Morgan fingerprint density at radius 2 is 1.84 bits per heavy atom. The molecule has 0 unspecified atom stereocenters. The molecule has 4 rings (SSSR count). The first-order valence-electron chi connectivity index (χ1n) is 10.6. The van der Waals surface area contributed by atoms with Crippen LogP contribution < -0.4 is 5.32 Å². The van der Waals surface area contributed by atoms with Crippen LogP contribution in [0.1, 0.15) is 30.4 Å². The van der Waals surface area contributed by atoms with Crippen molar-refractivity contribution in [3.8, 4) is 0 Å². The van der Waals surface area contributed by atoms with Gasteiger partial charge in [-0.05, 0) is 44.2 Å². The van der Waals surface area contributed by atoms with Gasteiger partial charge in [-0.25, -0.2) is 4.79 Å². The number of nitrogens with zero attached hydrogens (tertiary/aromatic N) is 1. The molecule has 172 valence electrons. The Morgan fingerprint density at radius 3 is 2.42 bits per heavy atom. The van der Waals surface area contributed by atoms with Gasteiger partial charge >= 0.3 is 12.1 Å². The average molecular weight is 442 g/mol. The van der Waals surface area contributed by atoms with Crippen molar-refractivity contribution in [2.75, 3.05) is 26.2 Å². The summed E-state index contributed by atoms with van der Waals surface area (Å²) in [6, 6.07) is 8.87. The summed E-state index contributed by atoms with van der Waals surface area (Å²) in [6.07, 6.45) is -1.55. The monoisotopic (exact) mass is 442 g/mol. The number of carboxylic acids is 1. The van der Waals surface area contributed by atoms with Gasteiger partial charge in [-0.1, -0.05) is 29.8 Å². The third-order valence-electron chi connectivity index (χ3n) is 6.07. The zero-order valence-electron chi connectivity index (χ0n) is 17.5. The molecule has 9 heteroatoms. The van der Waals surface area contributed by atoms with Gasteiger partial charge in [-0.3, -0.25) is 9.69 Å². The van der Waals surface area contributed by atoms with E-state index in [2.05, 4.69) is 41.4 Å². The minimum Gasteiger partial charge on any atom is -0.475 e. The lowest BCUT2D eigenvalue weighted by atomic mass is 9.84. The smallest absolute Gasteiger partial charge is 0.475 e. The molecule has 0 spiro atoms. The lowest BCUT2D eigenvalue weighted by Gasteiger charge is -2.35. The number of aliphatic carboxylic acids is 1. The number of rotatable bonds is 5. The number of halogens is 3. The second-order valence-electron chi connectivity index (χ2n) is 8.63. The second-order valence-corrected chi connectivity index (χ2v) is 8.63. The molecule has 2 heterocycles. The highest BCUT2D eigenvalue weighted by molar-refractivity contribution is 5.80. The van der Waals surface area contributed by atoms with Crippen molar-refractivity contribution in [1.29, 1.82) is 0 Å². The molecule has 3 fully saturated rings. The Morgan fingerprint density at radius 1 is 1.19 bits per heavy atom. The number of hydrogen-bond acceptors (Lipinski definition) is 4. The number of carboxylic acid groups (broad SMARTS) is 1. The third-order valence-corrected chi connectivity index (χ3v) is 6.07. The maximum atomic E-state index is 11.8. The highest BCUT2D eigenvalue weighted by atomic mass is 19.4. The molecular formula is C22H29F3N2O4. The minimum absolute atomic E-state index is 0.222. The van der Waals surface area contributed by atoms with Gasteiger partial charge < -0.3 is 15.2 Å². The number of fused-ring (bicyclic) bond motifs is 1. The van der Waals surface area contributed by atoms with Crippen LogP contribution in [-0.2, 0) is 20.9 Å². The fourth-order valence-electron chi connectivity index (χ4n) is 4.16. The molecule has 2 saturated heterocycles. The number of ether oxygens (including phenoxy) is 1. The molecule has 1 aliphatic carbocycles. The zero-order valence-corrected chi connectivity index (χ0v) is 17.5. The first-order chi connectivity index (χ1) is 14.6. The number of nitrogens with one attached hydrogen (secondary N) is 1. The molecule has 3 atom stereocenters. The van der Waals surface area contributed by atoms with E-state index in [0.717, 1.165) is 39.1 Å². The molecule has 1 aromatic rings. The van der Waals surface area contributed by atoms with E-state index in [0.29, 0.717) is 24.3 Å². The van der Waals surface area contributed by atoms with Crippen molar-refractivity contribution in [2.24, 2.45) is 17.8 Å². The number of alkyl halides is 3. The molecule has 0 bridgehead atoms. The number of benzene rings is 1. The molecule has 3 aliphatic rings. The van der Waals surface area contributed by atoms with E-state index >= 15 is 0 Å². The quantitative estimate of drug-likeness (QED) is 0.733. The minimum atomic E-state index is -5.08. The lowest BCUT2D eigenvalue weighted by molar-refractivity contribution is -0.192. The van der Waals surface area contributed by atoms with Crippen LogP contribution in [0.25, 0.3) is 0 Å². The van der Waals surface area contributed by atoms with E-state index in [9.17, 15) is 18.0 Å². The van der Waals surface area contributed by atoms with E-state index in [1.54, 1.807) is 0 Å². The maximum absolute atomic E-state index is 11.8. The van der Waals surface area contributed by atoms with Crippen molar-refractivity contribution in [1.82, 2.24) is 10.2 Å². The van der Waals surface area contributed by atoms with Crippen LogP contribution in [0, 0.1) is 24.7 Å². The van der Waals surface area contributed by atoms with Gasteiger partial charge in [-0.15, -0.1) is 0 Å². The average Bonchev–Trinajstić information content (AvgIpc) is 3.49. The summed E-state index contributed by atoms with van der Waals surface area (Å²) in [5.74, 6) is -1.00. The van der Waals surface area contributed by atoms with Crippen LogP contribution in [0.2, 0.25) is 0 Å². The number of piperidine rings is 1. The molecule has 1 amide bonds. The topological polar surface area (TPSA) is 78.9 Å². The maximum Gasteiger partial charge on any atom is 0.490 e. The van der Waals surface area contributed by atoms with Crippen LogP contribution in [0.4, 0.5) is 13.2 Å². The summed E-state index contributed by atoms with van der Waals surface area (Å²) in [4.78, 5) is 23.3. The normalized spacial score (nSPS) is 25.9. The van der Waals surface area contributed by atoms with Crippen molar-refractivity contribution in [2.45, 2.75) is 45.0 Å². The van der Waals surface area contributed by atoms with Gasteiger partial charge in [0.1, 0.15) is 0 Å². The fraction of sp³-hybridized carbons (Fsp3) is 0.636. The van der Waals surface area contributed by atoms with Crippen molar-refractivity contribution < 1.29 is 32.6 Å². The lowest BCUT2D eigenvalue weighted by Crippen LogP contribution is -2.43. The van der Waals surface area contributed by atoms with Gasteiger partial charge in [0.15, 0.2) is 0 Å². The van der Waals surface area contributed by atoms with Crippen molar-refractivity contribution >= 4 is 11.9 Å². The van der Waals surface area contributed by atoms with E-state index < -0.39 is 12.1 Å². The Bertz CT molecular complexity index is 765. The summed E-state index contributed by atoms with van der Waals surface area (Å²) in [5, 5.41) is 10.2. The summed E-state index contributed by atoms with van der Waals surface area (Å²) in [7, 11) is 0. The van der Waals surface area contributed by atoms with E-state index in [4.69, 9.17) is 14.6 Å². The first-order valence-corrected chi connectivity index (χ1v) is 10.6. The molecule has 2 aliphatic heterocycles. The van der Waals surface area contributed by atoms with Gasteiger partial charge in [0.25, 0.3) is 0 Å². The number of amides is 1. The zero-order chi connectivity index (χ0) is 22.6. The largest absolute Gasteiger partial charge is 0.490 e. The molecule has 0 radical (unpaired) electrons. The number of hydrogen-bond donors (Lipinski definition) is 2. The molecule has 2 N–H and O–H groups in total. The van der Waals surface area contributed by atoms with Crippen molar-refractivity contribution in [3.63, 3.8) is 0 Å².